The van der Waals surface area contributed by atoms with Crippen LogP contribution in [-0.2, 0) is 0 Å². The summed E-state index contributed by atoms with van der Waals surface area (Å²) in [5.74, 6) is 0. The van der Waals surface area contributed by atoms with Gasteiger partial charge in [-0.3, -0.25) is 0 Å². The van der Waals surface area contributed by atoms with Gasteiger partial charge in [-0.15, -0.1) is 0 Å². The van der Waals surface area contributed by atoms with E-state index in [2.05, 4.69) is 5.32 Å². The molecule has 0 aliphatic heterocycles. The van der Waals surface area contributed by atoms with Crippen molar-refractivity contribution in [3.05, 3.63) is 0 Å². The lowest BCUT2D eigenvalue weighted by molar-refractivity contribution is -0.124. The van der Waals surface area contributed by atoms with Crippen LogP contribution in [0, 0.1) is 0 Å². The summed E-state index contributed by atoms with van der Waals surface area (Å²) in [5, 5.41) is 2.28. The Morgan fingerprint density at radius 2 is 1.91 bits per heavy atom. The lowest BCUT2D eigenvalue weighted by Gasteiger charge is -2.11. The summed E-state index contributed by atoms with van der Waals surface area (Å²) in [6.45, 7) is -0.668. The summed E-state index contributed by atoms with van der Waals surface area (Å²) in [7, 11) is 0. The first-order chi connectivity index (χ1) is 4.91. The average Bonchev–Trinajstić information content (AvgIpc) is 2.44. The van der Waals surface area contributed by atoms with Gasteiger partial charge >= 0.3 is 6.18 Å². The van der Waals surface area contributed by atoms with E-state index in [0.29, 0.717) is 0 Å². The van der Waals surface area contributed by atoms with Gasteiger partial charge in [-0.2, -0.15) is 13.2 Å². The van der Waals surface area contributed by atoms with Gasteiger partial charge in [-0.25, -0.2) is 0 Å². The van der Waals surface area contributed by atoms with Crippen molar-refractivity contribution in [1.82, 2.24) is 5.32 Å². The SMILES string of the molecule is NC1(CNCC(F)(F)F)CC1. The molecule has 0 spiro atoms. The Labute approximate surface area is 62.9 Å². The molecule has 0 bridgehead atoms. The minimum absolute atomic E-state index is 0.270. The molecule has 0 heterocycles. The molecule has 0 saturated heterocycles. The highest BCUT2D eigenvalue weighted by molar-refractivity contribution is 5.00. The standard InChI is InChI=1S/C6H11F3N2/c7-6(8,9)4-11-3-5(10)1-2-5/h11H,1-4,10H2. The van der Waals surface area contributed by atoms with Gasteiger partial charge < -0.3 is 11.1 Å². The summed E-state index contributed by atoms with van der Waals surface area (Å²) < 4.78 is 34.6. The van der Waals surface area contributed by atoms with Gasteiger partial charge in [0.1, 0.15) is 0 Å². The fourth-order valence-electron chi connectivity index (χ4n) is 0.791. The maximum atomic E-state index is 11.5. The lowest BCUT2D eigenvalue weighted by Crippen LogP contribution is -2.40. The van der Waals surface area contributed by atoms with Crippen LogP contribution in [-0.4, -0.2) is 24.8 Å². The zero-order valence-corrected chi connectivity index (χ0v) is 6.04. The molecule has 0 radical (unpaired) electrons. The van der Waals surface area contributed by atoms with Gasteiger partial charge in [-0.05, 0) is 12.8 Å². The first kappa shape index (κ1) is 8.80. The molecule has 11 heavy (non-hydrogen) atoms. The molecule has 0 atom stereocenters. The predicted molar refractivity (Wildman–Crippen MR) is 35.1 cm³/mol. The second-order valence-electron chi connectivity index (χ2n) is 3.08. The Kier molecular flexibility index (Phi) is 2.11. The summed E-state index contributed by atoms with van der Waals surface area (Å²) in [5.41, 5.74) is 5.20. The van der Waals surface area contributed by atoms with Gasteiger partial charge in [0.25, 0.3) is 0 Å². The third-order valence-electron chi connectivity index (χ3n) is 1.69. The van der Waals surface area contributed by atoms with Gasteiger partial charge in [0, 0.05) is 12.1 Å². The lowest BCUT2D eigenvalue weighted by atomic mass is 10.3. The first-order valence-electron chi connectivity index (χ1n) is 3.48. The Hall–Kier alpha value is -0.290. The van der Waals surface area contributed by atoms with Crippen molar-refractivity contribution in [3.8, 4) is 0 Å². The van der Waals surface area contributed by atoms with Crippen LogP contribution in [0.3, 0.4) is 0 Å². The highest BCUT2D eigenvalue weighted by Crippen LogP contribution is 2.31. The molecule has 0 aromatic carbocycles. The molecule has 5 heteroatoms. The van der Waals surface area contributed by atoms with Crippen LogP contribution < -0.4 is 11.1 Å². The van der Waals surface area contributed by atoms with E-state index in [1.165, 1.54) is 0 Å². The number of nitrogens with two attached hydrogens (primary N) is 1. The summed E-state index contributed by atoms with van der Waals surface area (Å²) in [6, 6.07) is 0. The molecular weight excluding hydrogens is 157 g/mol. The van der Waals surface area contributed by atoms with E-state index in [1.54, 1.807) is 0 Å². The smallest absolute Gasteiger partial charge is 0.324 e. The third kappa shape index (κ3) is 3.57. The number of alkyl halides is 3. The van der Waals surface area contributed by atoms with Crippen LogP contribution in [0.2, 0.25) is 0 Å². The second kappa shape index (κ2) is 2.64. The zero-order chi connectivity index (χ0) is 8.54. The van der Waals surface area contributed by atoms with Gasteiger partial charge in [0.2, 0.25) is 0 Å². The van der Waals surface area contributed by atoms with Crippen LogP contribution in [0.1, 0.15) is 12.8 Å². The van der Waals surface area contributed by atoms with E-state index < -0.39 is 12.7 Å². The van der Waals surface area contributed by atoms with Crippen LogP contribution in [0.4, 0.5) is 13.2 Å². The second-order valence-corrected chi connectivity index (χ2v) is 3.08. The molecule has 1 fully saturated rings. The molecule has 0 aromatic heterocycles. The van der Waals surface area contributed by atoms with Crippen LogP contribution >= 0.6 is 0 Å². The van der Waals surface area contributed by atoms with E-state index in [1.807, 2.05) is 0 Å². The molecule has 3 N–H and O–H groups in total. The minimum Gasteiger partial charge on any atom is -0.324 e. The van der Waals surface area contributed by atoms with Crippen molar-refractivity contribution >= 4 is 0 Å². The normalized spacial score (nSPS) is 21.8. The van der Waals surface area contributed by atoms with Crippen molar-refractivity contribution < 1.29 is 13.2 Å². The van der Waals surface area contributed by atoms with Crippen molar-refractivity contribution in [2.45, 2.75) is 24.6 Å². The molecule has 0 aromatic rings. The van der Waals surface area contributed by atoms with Crippen molar-refractivity contribution in [2.24, 2.45) is 5.73 Å². The average molecular weight is 168 g/mol. The quantitative estimate of drug-likeness (QED) is 0.648. The number of hydrogen-bond acceptors (Lipinski definition) is 2. The largest absolute Gasteiger partial charge is 0.401 e. The van der Waals surface area contributed by atoms with Gasteiger partial charge in [0.05, 0.1) is 6.54 Å². The Bertz CT molecular complexity index is 134. The molecule has 0 amide bonds. The van der Waals surface area contributed by atoms with Crippen molar-refractivity contribution in [1.29, 1.82) is 0 Å². The van der Waals surface area contributed by atoms with Crippen molar-refractivity contribution in [3.63, 3.8) is 0 Å². The number of halogens is 3. The maximum absolute atomic E-state index is 11.5. The molecule has 1 aliphatic rings. The Morgan fingerprint density at radius 1 is 1.36 bits per heavy atom. The van der Waals surface area contributed by atoms with Crippen molar-refractivity contribution in [2.75, 3.05) is 13.1 Å². The molecule has 1 saturated carbocycles. The van der Waals surface area contributed by atoms with Crippen LogP contribution in [0.25, 0.3) is 0 Å². The zero-order valence-electron chi connectivity index (χ0n) is 6.04. The van der Waals surface area contributed by atoms with E-state index >= 15 is 0 Å². The topological polar surface area (TPSA) is 38.0 Å². The predicted octanol–water partition coefficient (Wildman–Crippen LogP) is 0.630. The maximum Gasteiger partial charge on any atom is 0.401 e. The number of hydrogen-bond donors (Lipinski definition) is 2. The fourth-order valence-corrected chi connectivity index (χ4v) is 0.791. The minimum atomic E-state index is -4.12. The molecule has 0 unspecified atom stereocenters. The van der Waals surface area contributed by atoms with E-state index in [0.717, 1.165) is 12.8 Å². The molecule has 66 valence electrons. The van der Waals surface area contributed by atoms with Gasteiger partial charge in [-0.1, -0.05) is 0 Å². The molecule has 1 aliphatic carbocycles. The molecule has 2 nitrogen and oxygen atoms in total. The Balaban J connectivity index is 2.05. The molecule has 1 rings (SSSR count). The van der Waals surface area contributed by atoms with Crippen LogP contribution in [0.15, 0.2) is 0 Å². The van der Waals surface area contributed by atoms with E-state index in [-0.39, 0.29) is 12.1 Å². The van der Waals surface area contributed by atoms with E-state index in [4.69, 9.17) is 5.73 Å². The fraction of sp³-hybridized carbons (Fsp3) is 1.00. The Morgan fingerprint density at radius 3 is 2.27 bits per heavy atom. The monoisotopic (exact) mass is 168 g/mol. The number of rotatable bonds is 3. The highest BCUT2D eigenvalue weighted by Gasteiger charge is 2.38. The third-order valence-corrected chi connectivity index (χ3v) is 1.69. The summed E-state index contributed by atoms with van der Waals surface area (Å²) in [6.07, 6.45) is -2.46. The van der Waals surface area contributed by atoms with Gasteiger partial charge in [0.15, 0.2) is 0 Å². The number of nitrogens with one attached hydrogen (secondary N) is 1. The summed E-state index contributed by atoms with van der Waals surface area (Å²) in [4.78, 5) is 0. The highest BCUT2D eigenvalue weighted by atomic mass is 19.4. The first-order valence-corrected chi connectivity index (χ1v) is 3.48. The van der Waals surface area contributed by atoms with E-state index in [9.17, 15) is 13.2 Å². The summed E-state index contributed by atoms with van der Waals surface area (Å²) >= 11 is 0. The van der Waals surface area contributed by atoms with Crippen LogP contribution in [0.5, 0.6) is 0 Å². The molecular formula is C6H11F3N2.